The van der Waals surface area contributed by atoms with Crippen molar-refractivity contribution in [3.8, 4) is 0 Å². The fourth-order valence-electron chi connectivity index (χ4n) is 2.34. The van der Waals surface area contributed by atoms with E-state index in [9.17, 15) is 0 Å². The number of thiocarbonyl (C=S) groups is 1. The number of nitrogens with one attached hydrogen (secondary N) is 2. The van der Waals surface area contributed by atoms with Crippen molar-refractivity contribution in [2.45, 2.75) is 12.5 Å². The molecule has 1 aromatic heterocycles. The fraction of sp³-hybridized carbons (Fsp3) is 0.333. The molecule has 2 aromatic rings. The second-order valence-corrected chi connectivity index (χ2v) is 6.09. The molecule has 23 heavy (non-hydrogen) atoms. The maximum absolute atomic E-state index is 5.46. The summed E-state index contributed by atoms with van der Waals surface area (Å²) in [6.45, 7) is 1.91. The summed E-state index contributed by atoms with van der Waals surface area (Å²) in [5.74, 6) is 0. The molecule has 5 heteroatoms. The van der Waals surface area contributed by atoms with Crippen molar-refractivity contribution in [2.24, 2.45) is 0 Å². The van der Waals surface area contributed by atoms with Crippen LogP contribution in [0.25, 0.3) is 0 Å². The Labute approximate surface area is 143 Å². The van der Waals surface area contributed by atoms with Crippen molar-refractivity contribution in [1.82, 2.24) is 20.5 Å². The van der Waals surface area contributed by atoms with Crippen LogP contribution in [0.1, 0.15) is 23.6 Å². The highest BCUT2D eigenvalue weighted by Crippen LogP contribution is 2.21. The van der Waals surface area contributed by atoms with E-state index < -0.39 is 0 Å². The van der Waals surface area contributed by atoms with E-state index in [4.69, 9.17) is 12.2 Å². The van der Waals surface area contributed by atoms with E-state index in [1.807, 2.05) is 30.3 Å². The molecule has 0 bridgehead atoms. The van der Waals surface area contributed by atoms with Gasteiger partial charge >= 0.3 is 0 Å². The van der Waals surface area contributed by atoms with Crippen molar-refractivity contribution in [3.63, 3.8) is 0 Å². The normalized spacial score (nSPS) is 12.0. The van der Waals surface area contributed by atoms with Crippen LogP contribution in [-0.4, -0.2) is 42.2 Å². The van der Waals surface area contributed by atoms with Gasteiger partial charge in [0.15, 0.2) is 5.11 Å². The summed E-state index contributed by atoms with van der Waals surface area (Å²) < 4.78 is 0. The quantitative estimate of drug-likeness (QED) is 0.604. The van der Waals surface area contributed by atoms with Crippen LogP contribution < -0.4 is 10.6 Å². The summed E-state index contributed by atoms with van der Waals surface area (Å²) in [5.41, 5.74) is 2.32. The molecule has 0 spiro atoms. The fourth-order valence-corrected chi connectivity index (χ4v) is 2.56. The maximum Gasteiger partial charge on any atom is 0.167 e. The Bertz CT molecular complexity index is 547. The molecule has 122 valence electrons. The third-order valence-corrected chi connectivity index (χ3v) is 3.78. The lowest BCUT2D eigenvalue weighted by atomic mass is 10.00. The van der Waals surface area contributed by atoms with Crippen LogP contribution in [0.2, 0.25) is 0 Å². The molecule has 0 saturated carbocycles. The Balaban J connectivity index is 2.00. The number of hydrogen-bond acceptors (Lipinski definition) is 3. The van der Waals surface area contributed by atoms with E-state index in [-0.39, 0.29) is 6.04 Å². The lowest BCUT2D eigenvalue weighted by Crippen LogP contribution is -2.39. The van der Waals surface area contributed by atoms with Gasteiger partial charge in [0.25, 0.3) is 0 Å². The van der Waals surface area contributed by atoms with Crippen LogP contribution in [-0.2, 0) is 0 Å². The van der Waals surface area contributed by atoms with Crippen LogP contribution in [0, 0.1) is 0 Å². The van der Waals surface area contributed by atoms with Gasteiger partial charge in [-0.3, -0.25) is 4.98 Å². The van der Waals surface area contributed by atoms with Crippen LogP contribution in [0.15, 0.2) is 54.9 Å². The van der Waals surface area contributed by atoms with Gasteiger partial charge in [0.1, 0.15) is 0 Å². The molecule has 1 aromatic carbocycles. The average molecular weight is 328 g/mol. The number of pyridine rings is 1. The smallest absolute Gasteiger partial charge is 0.167 e. The molecular weight excluding hydrogens is 304 g/mol. The van der Waals surface area contributed by atoms with E-state index in [0.717, 1.165) is 25.1 Å². The highest BCUT2D eigenvalue weighted by Gasteiger charge is 2.14. The molecule has 2 rings (SSSR count). The van der Waals surface area contributed by atoms with Gasteiger partial charge in [0.05, 0.1) is 6.04 Å². The second kappa shape index (κ2) is 9.22. The molecule has 0 amide bonds. The molecule has 2 N–H and O–H groups in total. The topological polar surface area (TPSA) is 40.2 Å². The van der Waals surface area contributed by atoms with Crippen LogP contribution in [0.3, 0.4) is 0 Å². The van der Waals surface area contributed by atoms with Crippen molar-refractivity contribution in [2.75, 3.05) is 27.2 Å². The monoisotopic (exact) mass is 328 g/mol. The molecule has 0 aliphatic rings. The zero-order valence-electron chi connectivity index (χ0n) is 13.7. The molecule has 0 unspecified atom stereocenters. The van der Waals surface area contributed by atoms with Gasteiger partial charge in [-0.1, -0.05) is 30.3 Å². The summed E-state index contributed by atoms with van der Waals surface area (Å²) in [6.07, 6.45) is 4.67. The summed E-state index contributed by atoms with van der Waals surface area (Å²) in [6, 6.07) is 14.4. The number of benzene rings is 1. The van der Waals surface area contributed by atoms with Gasteiger partial charge in [0.2, 0.25) is 0 Å². The third kappa shape index (κ3) is 5.96. The Morgan fingerprint density at radius 2 is 1.74 bits per heavy atom. The number of hydrogen-bond donors (Lipinski definition) is 2. The van der Waals surface area contributed by atoms with Crippen molar-refractivity contribution < 1.29 is 0 Å². The summed E-state index contributed by atoms with van der Waals surface area (Å²) in [5, 5.41) is 7.38. The molecular formula is C18H24N4S. The van der Waals surface area contributed by atoms with Crippen molar-refractivity contribution >= 4 is 17.3 Å². The van der Waals surface area contributed by atoms with Gasteiger partial charge in [-0.2, -0.15) is 0 Å². The Morgan fingerprint density at radius 3 is 2.39 bits per heavy atom. The first-order valence-electron chi connectivity index (χ1n) is 7.81. The number of rotatable bonds is 7. The Morgan fingerprint density at radius 1 is 1.09 bits per heavy atom. The van der Waals surface area contributed by atoms with E-state index in [2.05, 4.69) is 46.7 Å². The Kier molecular flexibility index (Phi) is 6.97. The highest BCUT2D eigenvalue weighted by molar-refractivity contribution is 7.80. The molecule has 0 aliphatic heterocycles. The lowest BCUT2D eigenvalue weighted by molar-refractivity contribution is 0.400. The summed E-state index contributed by atoms with van der Waals surface area (Å²) >= 11 is 5.46. The SMILES string of the molecule is CN(C)CCCNC(=S)N[C@H](c1ccccc1)c1ccncc1. The number of nitrogens with zero attached hydrogens (tertiary/aromatic N) is 2. The standard InChI is InChI=1S/C18H24N4S/c1-22(2)14-6-11-20-18(23)21-17(15-7-4-3-5-8-15)16-9-12-19-13-10-16/h3-5,7-10,12-13,17H,6,11,14H2,1-2H3,(H2,20,21,23)/t17-/m1/s1. The minimum absolute atomic E-state index is 0.0213. The predicted molar refractivity (Wildman–Crippen MR) is 99.4 cm³/mol. The van der Waals surface area contributed by atoms with E-state index in [0.29, 0.717) is 5.11 Å². The van der Waals surface area contributed by atoms with E-state index in [1.165, 1.54) is 5.56 Å². The zero-order chi connectivity index (χ0) is 16.5. The van der Waals surface area contributed by atoms with E-state index in [1.54, 1.807) is 12.4 Å². The third-order valence-electron chi connectivity index (χ3n) is 3.52. The number of aromatic nitrogens is 1. The maximum atomic E-state index is 5.46. The largest absolute Gasteiger partial charge is 0.363 e. The predicted octanol–water partition coefficient (Wildman–Crippen LogP) is 2.59. The first-order valence-corrected chi connectivity index (χ1v) is 8.21. The molecule has 0 aliphatic carbocycles. The minimum Gasteiger partial charge on any atom is -0.363 e. The first-order chi connectivity index (χ1) is 11.2. The van der Waals surface area contributed by atoms with Gasteiger partial charge in [-0.05, 0) is 62.5 Å². The molecule has 0 saturated heterocycles. The first kappa shape index (κ1) is 17.4. The second-order valence-electron chi connectivity index (χ2n) is 5.68. The molecule has 1 heterocycles. The minimum atomic E-state index is 0.0213. The highest BCUT2D eigenvalue weighted by atomic mass is 32.1. The van der Waals surface area contributed by atoms with Crippen molar-refractivity contribution in [1.29, 1.82) is 0 Å². The van der Waals surface area contributed by atoms with Crippen LogP contribution in [0.4, 0.5) is 0 Å². The average Bonchev–Trinajstić information content (AvgIpc) is 2.58. The van der Waals surface area contributed by atoms with Gasteiger partial charge in [-0.25, -0.2) is 0 Å². The Hall–Kier alpha value is -1.98. The van der Waals surface area contributed by atoms with Crippen LogP contribution >= 0.6 is 12.2 Å². The molecule has 0 fully saturated rings. The summed E-state index contributed by atoms with van der Waals surface area (Å²) in [7, 11) is 4.15. The summed E-state index contributed by atoms with van der Waals surface area (Å²) in [4.78, 5) is 6.27. The molecule has 1 atom stereocenters. The van der Waals surface area contributed by atoms with Crippen molar-refractivity contribution in [3.05, 3.63) is 66.0 Å². The lowest BCUT2D eigenvalue weighted by Gasteiger charge is -2.22. The molecule has 4 nitrogen and oxygen atoms in total. The molecule has 0 radical (unpaired) electrons. The zero-order valence-corrected chi connectivity index (χ0v) is 14.5. The van der Waals surface area contributed by atoms with Gasteiger partial charge < -0.3 is 15.5 Å². The van der Waals surface area contributed by atoms with E-state index >= 15 is 0 Å². The van der Waals surface area contributed by atoms with Gasteiger partial charge in [0, 0.05) is 18.9 Å². The van der Waals surface area contributed by atoms with Crippen LogP contribution in [0.5, 0.6) is 0 Å². The van der Waals surface area contributed by atoms with Gasteiger partial charge in [-0.15, -0.1) is 0 Å².